The molecule has 2 aromatic carbocycles. The van der Waals surface area contributed by atoms with Gasteiger partial charge in [0.15, 0.2) is 0 Å². The Morgan fingerprint density at radius 3 is 2.71 bits per heavy atom. The number of aromatic amines is 1. The Balaban J connectivity index is 1.54. The first-order valence-electron chi connectivity index (χ1n) is 11.2. The number of hydrogen-bond acceptors (Lipinski definition) is 7. The average Bonchev–Trinajstić information content (AvgIpc) is 3.42. The summed E-state index contributed by atoms with van der Waals surface area (Å²) in [5.41, 5.74) is 3.22. The smallest absolute Gasteiger partial charge is 0.302 e. The minimum absolute atomic E-state index is 0.0130. The number of fused-ring (bicyclic) bond motifs is 2. The number of likely N-dealkylation sites (N-methyl/N-ethyl adjacent to an activating group) is 1. The predicted molar refractivity (Wildman–Crippen MR) is 130 cm³/mol. The molecule has 9 nitrogen and oxygen atoms in total. The number of nitrogens with one attached hydrogen (secondary N) is 1. The summed E-state index contributed by atoms with van der Waals surface area (Å²) in [6.07, 6.45) is 3.17. The van der Waals surface area contributed by atoms with Crippen LogP contribution in [0.3, 0.4) is 0 Å². The fraction of sp³-hybridized carbons (Fsp3) is 0.154. The highest BCUT2D eigenvalue weighted by Gasteiger charge is 2.48. The molecule has 6 rings (SSSR count). The van der Waals surface area contributed by atoms with Gasteiger partial charge in [-0.05, 0) is 48.0 Å². The number of para-hydroxylation sites is 2. The molecule has 2 aliphatic rings. The molecule has 2 N–H and O–H groups in total. The van der Waals surface area contributed by atoms with E-state index in [1.54, 1.807) is 42.7 Å². The van der Waals surface area contributed by atoms with Gasteiger partial charge >= 0.3 is 5.91 Å². The molecule has 0 saturated carbocycles. The van der Waals surface area contributed by atoms with E-state index in [0.29, 0.717) is 35.5 Å². The number of carbonyl (C=O) groups is 2. The zero-order valence-electron chi connectivity index (χ0n) is 18.8. The van der Waals surface area contributed by atoms with E-state index in [9.17, 15) is 14.7 Å². The zero-order chi connectivity index (χ0) is 24.1. The number of amides is 1. The van der Waals surface area contributed by atoms with E-state index in [2.05, 4.69) is 15.0 Å². The van der Waals surface area contributed by atoms with Crippen LogP contribution in [0.2, 0.25) is 0 Å². The minimum Gasteiger partial charge on any atom is -0.507 e. The number of rotatable bonds is 3. The molecular weight excluding hydrogens is 446 g/mol. The number of carbonyl (C=O) groups excluding carboxylic acids is 2. The highest BCUT2D eigenvalue weighted by Crippen LogP contribution is 2.42. The van der Waals surface area contributed by atoms with Crippen molar-refractivity contribution in [1.82, 2.24) is 15.0 Å². The number of aliphatic hydroxyl groups excluding tert-OH is 1. The maximum absolute atomic E-state index is 13.4. The second kappa shape index (κ2) is 7.98. The van der Waals surface area contributed by atoms with E-state index < -0.39 is 17.7 Å². The highest BCUT2D eigenvalue weighted by molar-refractivity contribution is 6.51. The van der Waals surface area contributed by atoms with Crippen molar-refractivity contribution in [1.29, 1.82) is 0 Å². The molecule has 1 fully saturated rings. The normalized spacial score (nSPS) is 19.2. The first-order chi connectivity index (χ1) is 17.0. The van der Waals surface area contributed by atoms with Gasteiger partial charge in [0.2, 0.25) is 5.95 Å². The molecule has 1 unspecified atom stereocenters. The van der Waals surface area contributed by atoms with E-state index >= 15 is 0 Å². The number of ketones is 1. The van der Waals surface area contributed by atoms with Crippen molar-refractivity contribution in [3.63, 3.8) is 0 Å². The molecule has 0 spiro atoms. The molecule has 1 atom stereocenters. The third-order valence-electron chi connectivity index (χ3n) is 6.40. The molecule has 0 bridgehead atoms. The third-order valence-corrected chi connectivity index (χ3v) is 6.40. The van der Waals surface area contributed by atoms with Gasteiger partial charge in [0, 0.05) is 25.0 Å². The number of hydrogen-bond donors (Lipinski definition) is 2. The Labute approximate surface area is 200 Å². The fourth-order valence-corrected chi connectivity index (χ4v) is 4.62. The van der Waals surface area contributed by atoms with Crippen LogP contribution in [-0.4, -0.2) is 51.9 Å². The summed E-state index contributed by atoms with van der Waals surface area (Å²) in [6, 6.07) is 15.1. The molecular formula is C26H21N5O4. The zero-order valence-corrected chi connectivity index (χ0v) is 18.8. The Morgan fingerprint density at radius 1 is 1.11 bits per heavy atom. The predicted octanol–water partition coefficient (Wildman–Crippen LogP) is 3.41. The van der Waals surface area contributed by atoms with Crippen molar-refractivity contribution in [3.8, 4) is 5.75 Å². The van der Waals surface area contributed by atoms with Gasteiger partial charge in [-0.25, -0.2) is 4.98 Å². The van der Waals surface area contributed by atoms with Crippen molar-refractivity contribution < 1.29 is 19.4 Å². The molecule has 4 aromatic rings. The molecule has 2 aromatic heterocycles. The average molecular weight is 467 g/mol. The van der Waals surface area contributed by atoms with E-state index in [-0.39, 0.29) is 17.3 Å². The molecule has 174 valence electrons. The number of aromatic nitrogens is 3. The van der Waals surface area contributed by atoms with Gasteiger partial charge in [0.25, 0.3) is 5.78 Å². The van der Waals surface area contributed by atoms with Crippen LogP contribution in [-0.2, 0) is 9.59 Å². The van der Waals surface area contributed by atoms with Crippen LogP contribution in [0.4, 0.5) is 11.6 Å². The van der Waals surface area contributed by atoms with Crippen molar-refractivity contribution in [2.24, 2.45) is 0 Å². The largest absolute Gasteiger partial charge is 0.507 e. The summed E-state index contributed by atoms with van der Waals surface area (Å²) in [4.78, 5) is 41.7. The SMILES string of the molecule is CN1CCOc2ccc(/C(O)=C3\C(=O)C(=O)N(c4nc5ccccc5[nH]4)C3c3ccncc3)cc21. The summed E-state index contributed by atoms with van der Waals surface area (Å²) < 4.78 is 5.70. The van der Waals surface area contributed by atoms with Crippen molar-refractivity contribution >= 4 is 40.1 Å². The second-order valence-electron chi connectivity index (χ2n) is 8.48. The van der Waals surface area contributed by atoms with Gasteiger partial charge in [0.1, 0.15) is 18.1 Å². The van der Waals surface area contributed by atoms with Crippen LogP contribution in [0.5, 0.6) is 5.75 Å². The summed E-state index contributed by atoms with van der Waals surface area (Å²) in [5.74, 6) is -0.889. The quantitative estimate of drug-likeness (QED) is 0.270. The monoisotopic (exact) mass is 467 g/mol. The van der Waals surface area contributed by atoms with Crippen molar-refractivity contribution in [3.05, 3.63) is 83.7 Å². The first kappa shape index (κ1) is 20.9. The maximum atomic E-state index is 13.4. The summed E-state index contributed by atoms with van der Waals surface area (Å²) in [5, 5.41) is 11.4. The Hall–Kier alpha value is -4.66. The van der Waals surface area contributed by atoms with Gasteiger partial charge in [-0.1, -0.05) is 12.1 Å². The summed E-state index contributed by atoms with van der Waals surface area (Å²) >= 11 is 0. The molecule has 4 heterocycles. The van der Waals surface area contributed by atoms with Crippen LogP contribution in [0.15, 0.2) is 72.6 Å². The minimum atomic E-state index is -0.886. The maximum Gasteiger partial charge on any atom is 0.302 e. The lowest BCUT2D eigenvalue weighted by Gasteiger charge is -2.28. The molecule has 1 saturated heterocycles. The van der Waals surface area contributed by atoms with E-state index in [0.717, 1.165) is 11.2 Å². The number of Topliss-reactive ketones (excluding diaryl/α,β-unsaturated/α-hetero) is 1. The lowest BCUT2D eigenvalue weighted by molar-refractivity contribution is -0.132. The second-order valence-corrected chi connectivity index (χ2v) is 8.48. The molecule has 1 amide bonds. The summed E-state index contributed by atoms with van der Waals surface area (Å²) in [6.45, 7) is 1.27. The lowest BCUT2D eigenvalue weighted by Crippen LogP contribution is -2.30. The van der Waals surface area contributed by atoms with Crippen molar-refractivity contribution in [2.45, 2.75) is 6.04 Å². The Kier molecular flexibility index (Phi) is 4.77. The van der Waals surface area contributed by atoms with Gasteiger partial charge < -0.3 is 19.7 Å². The number of nitrogens with zero attached hydrogens (tertiary/aromatic N) is 4. The van der Waals surface area contributed by atoms with Gasteiger partial charge in [0.05, 0.1) is 34.9 Å². The Morgan fingerprint density at radius 2 is 1.91 bits per heavy atom. The number of pyridine rings is 1. The molecule has 0 radical (unpaired) electrons. The number of anilines is 2. The van der Waals surface area contributed by atoms with E-state index in [1.165, 1.54) is 4.90 Å². The van der Waals surface area contributed by atoms with Crippen LogP contribution in [0, 0.1) is 0 Å². The topological polar surface area (TPSA) is 112 Å². The van der Waals surface area contributed by atoms with Crippen LogP contribution < -0.4 is 14.5 Å². The lowest BCUT2D eigenvalue weighted by atomic mass is 9.95. The van der Waals surface area contributed by atoms with Crippen LogP contribution in [0.1, 0.15) is 17.2 Å². The van der Waals surface area contributed by atoms with Crippen LogP contribution >= 0.6 is 0 Å². The number of aliphatic hydroxyl groups is 1. The van der Waals surface area contributed by atoms with Gasteiger partial charge in [-0.3, -0.25) is 19.5 Å². The number of benzene rings is 2. The first-order valence-corrected chi connectivity index (χ1v) is 11.2. The molecule has 0 aliphatic carbocycles. The number of ether oxygens (including phenoxy) is 1. The van der Waals surface area contributed by atoms with E-state index in [1.807, 2.05) is 36.2 Å². The third kappa shape index (κ3) is 3.31. The molecule has 35 heavy (non-hydrogen) atoms. The van der Waals surface area contributed by atoms with Crippen LogP contribution in [0.25, 0.3) is 16.8 Å². The fourth-order valence-electron chi connectivity index (χ4n) is 4.62. The standard InChI is InChI=1S/C26H21N5O4/c1-30-12-13-35-20-7-6-16(14-19(20)30)23(32)21-22(15-8-10-27-11-9-15)31(25(34)24(21)33)26-28-17-4-2-3-5-18(17)29-26/h2-11,14,22,32H,12-13H2,1H3,(H,28,29)/b23-21+. The van der Waals surface area contributed by atoms with Crippen molar-refractivity contribution in [2.75, 3.05) is 30.0 Å². The summed E-state index contributed by atoms with van der Waals surface area (Å²) in [7, 11) is 1.93. The number of imidazole rings is 1. The Bertz CT molecular complexity index is 1480. The van der Waals surface area contributed by atoms with Gasteiger partial charge in [-0.15, -0.1) is 0 Å². The number of H-pyrrole nitrogens is 1. The molecule has 9 heteroatoms. The highest BCUT2D eigenvalue weighted by atomic mass is 16.5. The van der Waals surface area contributed by atoms with E-state index in [4.69, 9.17) is 4.74 Å². The van der Waals surface area contributed by atoms with Gasteiger partial charge in [-0.2, -0.15) is 0 Å². The molecule has 2 aliphatic heterocycles.